The number of fused-ring (bicyclic) bond motifs is 1. The van der Waals surface area contributed by atoms with Crippen LogP contribution in [0, 0.1) is 5.82 Å². The monoisotopic (exact) mass is 208 g/mol. The average Bonchev–Trinajstić information content (AvgIpc) is 2.65. The molecule has 0 fully saturated rings. The van der Waals surface area contributed by atoms with Crippen LogP contribution in [0.1, 0.15) is 17.3 Å². The van der Waals surface area contributed by atoms with Gasteiger partial charge < -0.3 is 9.15 Å². The van der Waals surface area contributed by atoms with Crippen molar-refractivity contribution in [3.05, 3.63) is 35.8 Å². The fraction of sp³-hybridized carbons (Fsp3) is 0.182. The van der Waals surface area contributed by atoms with Gasteiger partial charge in [-0.1, -0.05) is 0 Å². The van der Waals surface area contributed by atoms with E-state index in [9.17, 15) is 9.18 Å². The SMILES string of the molecule is CCOC(=O)c1c(F)ccc2ccoc12. The molecule has 0 aliphatic carbocycles. The molecule has 1 aromatic heterocycles. The topological polar surface area (TPSA) is 39.4 Å². The summed E-state index contributed by atoms with van der Waals surface area (Å²) < 4.78 is 23.2. The van der Waals surface area contributed by atoms with E-state index in [1.807, 2.05) is 0 Å². The Hall–Kier alpha value is -1.84. The van der Waals surface area contributed by atoms with E-state index in [-0.39, 0.29) is 17.8 Å². The molecule has 15 heavy (non-hydrogen) atoms. The fourth-order valence-electron chi connectivity index (χ4n) is 1.40. The summed E-state index contributed by atoms with van der Waals surface area (Å²) in [6, 6.07) is 4.44. The minimum atomic E-state index is -0.699. The first kappa shape index (κ1) is 9.71. The molecule has 0 bridgehead atoms. The molecule has 0 unspecified atom stereocenters. The van der Waals surface area contributed by atoms with Crippen LogP contribution in [-0.4, -0.2) is 12.6 Å². The van der Waals surface area contributed by atoms with E-state index in [2.05, 4.69) is 0 Å². The summed E-state index contributed by atoms with van der Waals surface area (Å²) in [6.07, 6.45) is 1.41. The Bertz CT molecular complexity index is 502. The number of benzene rings is 1. The van der Waals surface area contributed by atoms with E-state index in [4.69, 9.17) is 9.15 Å². The van der Waals surface area contributed by atoms with Gasteiger partial charge in [-0.3, -0.25) is 0 Å². The van der Waals surface area contributed by atoms with Gasteiger partial charge in [0.1, 0.15) is 11.4 Å². The minimum absolute atomic E-state index is 0.139. The van der Waals surface area contributed by atoms with E-state index in [1.54, 1.807) is 19.1 Å². The van der Waals surface area contributed by atoms with Crippen molar-refractivity contribution in [2.45, 2.75) is 6.92 Å². The van der Waals surface area contributed by atoms with Gasteiger partial charge >= 0.3 is 5.97 Å². The molecule has 1 heterocycles. The fourth-order valence-corrected chi connectivity index (χ4v) is 1.40. The Balaban J connectivity index is 2.61. The Morgan fingerprint density at radius 3 is 3.00 bits per heavy atom. The first-order chi connectivity index (χ1) is 7.24. The number of rotatable bonds is 2. The van der Waals surface area contributed by atoms with Crippen LogP contribution in [0.4, 0.5) is 4.39 Å². The van der Waals surface area contributed by atoms with Gasteiger partial charge in [0.2, 0.25) is 0 Å². The van der Waals surface area contributed by atoms with Crippen LogP contribution < -0.4 is 0 Å². The summed E-state index contributed by atoms with van der Waals surface area (Å²) in [5, 5.41) is 0.680. The molecular weight excluding hydrogens is 199 g/mol. The summed E-state index contributed by atoms with van der Waals surface area (Å²) >= 11 is 0. The Morgan fingerprint density at radius 2 is 2.27 bits per heavy atom. The molecule has 4 heteroatoms. The zero-order valence-corrected chi connectivity index (χ0v) is 8.12. The van der Waals surface area contributed by atoms with Gasteiger partial charge in [-0.25, -0.2) is 9.18 Å². The maximum atomic E-state index is 13.4. The third-order valence-electron chi connectivity index (χ3n) is 2.05. The highest BCUT2D eigenvalue weighted by atomic mass is 19.1. The number of ether oxygens (including phenoxy) is 1. The molecule has 0 radical (unpaired) electrons. The molecule has 3 nitrogen and oxygen atoms in total. The number of esters is 1. The van der Waals surface area contributed by atoms with Gasteiger partial charge in [0.25, 0.3) is 0 Å². The number of carbonyl (C=O) groups excluding carboxylic acids is 1. The van der Waals surface area contributed by atoms with Crippen molar-refractivity contribution in [3.63, 3.8) is 0 Å². The number of hydrogen-bond donors (Lipinski definition) is 0. The zero-order valence-electron chi connectivity index (χ0n) is 8.12. The van der Waals surface area contributed by atoms with Crippen molar-refractivity contribution >= 4 is 16.9 Å². The molecule has 0 amide bonds. The van der Waals surface area contributed by atoms with Crippen LogP contribution in [0.15, 0.2) is 28.9 Å². The molecule has 0 aliphatic heterocycles. The second-order valence-corrected chi connectivity index (χ2v) is 2.98. The van der Waals surface area contributed by atoms with Gasteiger partial charge in [0.05, 0.1) is 12.9 Å². The van der Waals surface area contributed by atoms with E-state index in [1.165, 1.54) is 12.3 Å². The molecule has 0 N–H and O–H groups in total. The summed E-state index contributed by atoms with van der Waals surface area (Å²) in [7, 11) is 0. The lowest BCUT2D eigenvalue weighted by Crippen LogP contribution is -2.07. The lowest BCUT2D eigenvalue weighted by atomic mass is 10.1. The molecule has 2 aromatic rings. The van der Waals surface area contributed by atoms with E-state index < -0.39 is 11.8 Å². The average molecular weight is 208 g/mol. The first-order valence-electron chi connectivity index (χ1n) is 4.57. The smallest absolute Gasteiger partial charge is 0.344 e. The standard InChI is InChI=1S/C11H9FO3/c1-2-14-11(13)9-8(12)4-3-7-5-6-15-10(7)9/h3-6H,2H2,1H3. The normalized spacial score (nSPS) is 10.5. The van der Waals surface area contributed by atoms with E-state index in [0.717, 1.165) is 0 Å². The maximum Gasteiger partial charge on any atom is 0.344 e. The van der Waals surface area contributed by atoms with Gasteiger partial charge in [-0.2, -0.15) is 0 Å². The third kappa shape index (κ3) is 1.58. The number of halogens is 1. The summed E-state index contributed by atoms with van der Waals surface area (Å²) in [5.41, 5.74) is 0.0906. The molecule has 1 aromatic carbocycles. The van der Waals surface area contributed by atoms with Crippen molar-refractivity contribution in [2.24, 2.45) is 0 Å². The van der Waals surface area contributed by atoms with Crippen LogP contribution in [0.5, 0.6) is 0 Å². The predicted molar refractivity (Wildman–Crippen MR) is 52.1 cm³/mol. The lowest BCUT2D eigenvalue weighted by Gasteiger charge is -2.03. The van der Waals surface area contributed by atoms with Gasteiger partial charge in [0, 0.05) is 5.39 Å². The molecule has 0 atom stereocenters. The first-order valence-corrected chi connectivity index (χ1v) is 4.57. The Morgan fingerprint density at radius 1 is 1.47 bits per heavy atom. The highest BCUT2D eigenvalue weighted by Crippen LogP contribution is 2.23. The molecule has 78 valence electrons. The van der Waals surface area contributed by atoms with Crippen molar-refractivity contribution < 1.29 is 18.3 Å². The number of furan rings is 1. The third-order valence-corrected chi connectivity index (χ3v) is 2.05. The molecule has 2 rings (SSSR count). The van der Waals surface area contributed by atoms with Crippen molar-refractivity contribution in [3.8, 4) is 0 Å². The Kier molecular flexibility index (Phi) is 2.41. The maximum absolute atomic E-state index is 13.4. The Labute approximate surface area is 85.4 Å². The van der Waals surface area contributed by atoms with Gasteiger partial charge in [-0.05, 0) is 25.1 Å². The molecule has 0 aliphatic rings. The summed E-state index contributed by atoms with van der Waals surface area (Å²) in [4.78, 5) is 11.5. The van der Waals surface area contributed by atoms with Gasteiger partial charge in [-0.15, -0.1) is 0 Å². The summed E-state index contributed by atoms with van der Waals surface area (Å²) in [5.74, 6) is -1.33. The van der Waals surface area contributed by atoms with E-state index in [0.29, 0.717) is 5.39 Å². The predicted octanol–water partition coefficient (Wildman–Crippen LogP) is 2.75. The highest BCUT2D eigenvalue weighted by molar-refractivity contribution is 6.02. The van der Waals surface area contributed by atoms with Crippen LogP contribution in [0.3, 0.4) is 0 Å². The quantitative estimate of drug-likeness (QED) is 0.712. The highest BCUT2D eigenvalue weighted by Gasteiger charge is 2.18. The van der Waals surface area contributed by atoms with Crippen molar-refractivity contribution in [2.75, 3.05) is 6.61 Å². The van der Waals surface area contributed by atoms with E-state index >= 15 is 0 Å². The molecule has 0 saturated heterocycles. The largest absolute Gasteiger partial charge is 0.463 e. The second kappa shape index (κ2) is 3.73. The van der Waals surface area contributed by atoms with Crippen LogP contribution >= 0.6 is 0 Å². The minimum Gasteiger partial charge on any atom is -0.463 e. The molecule has 0 spiro atoms. The van der Waals surface area contributed by atoms with Gasteiger partial charge in [0.15, 0.2) is 5.58 Å². The number of carbonyl (C=O) groups is 1. The number of hydrogen-bond acceptors (Lipinski definition) is 3. The van der Waals surface area contributed by atoms with Crippen LogP contribution in [-0.2, 0) is 4.74 Å². The van der Waals surface area contributed by atoms with Crippen molar-refractivity contribution in [1.82, 2.24) is 0 Å². The molecule has 0 saturated carbocycles. The van der Waals surface area contributed by atoms with Crippen LogP contribution in [0.25, 0.3) is 11.0 Å². The van der Waals surface area contributed by atoms with Crippen molar-refractivity contribution in [1.29, 1.82) is 0 Å². The summed E-state index contributed by atoms with van der Waals surface area (Å²) in [6.45, 7) is 1.87. The zero-order chi connectivity index (χ0) is 10.8. The second-order valence-electron chi connectivity index (χ2n) is 2.98. The molecular formula is C11H9FO3. The lowest BCUT2D eigenvalue weighted by molar-refractivity contribution is 0.0522. The van der Waals surface area contributed by atoms with Crippen LogP contribution in [0.2, 0.25) is 0 Å².